The Kier molecular flexibility index (Phi) is 6.53. The van der Waals surface area contributed by atoms with Crippen LogP contribution in [0.2, 0.25) is 0 Å². The highest BCUT2D eigenvalue weighted by Gasteiger charge is 2.52. The van der Waals surface area contributed by atoms with Gasteiger partial charge in [-0.15, -0.1) is 0 Å². The van der Waals surface area contributed by atoms with Crippen molar-refractivity contribution in [1.82, 2.24) is 15.5 Å². The van der Waals surface area contributed by atoms with Crippen molar-refractivity contribution in [2.24, 2.45) is 5.92 Å². The molecule has 0 aromatic heterocycles. The lowest BCUT2D eigenvalue weighted by molar-refractivity contribution is -0.137. The zero-order valence-corrected chi connectivity index (χ0v) is 18.1. The molecule has 2 unspecified atom stereocenters. The van der Waals surface area contributed by atoms with Crippen LogP contribution in [0.15, 0.2) is 18.2 Å². The number of hydrogen-bond acceptors (Lipinski definition) is 5. The highest BCUT2D eigenvalue weighted by Crippen LogP contribution is 2.36. The first kappa shape index (κ1) is 21.9. The minimum absolute atomic E-state index is 0.319. The quantitative estimate of drug-likeness (QED) is 0.665. The molecule has 1 aromatic carbocycles. The van der Waals surface area contributed by atoms with E-state index in [9.17, 15) is 14.4 Å². The van der Waals surface area contributed by atoms with Gasteiger partial charge in [-0.25, -0.2) is 9.69 Å². The summed E-state index contributed by atoms with van der Waals surface area (Å²) in [5, 5.41) is 5.66. The zero-order valence-electron chi connectivity index (χ0n) is 18.1. The smallest absolute Gasteiger partial charge is 0.326 e. The first-order valence-electron chi connectivity index (χ1n) is 10.5. The number of amides is 4. The van der Waals surface area contributed by atoms with Gasteiger partial charge in [-0.1, -0.05) is 25.3 Å². The van der Waals surface area contributed by atoms with Crippen molar-refractivity contribution in [3.63, 3.8) is 0 Å². The number of imide groups is 1. The Morgan fingerprint density at radius 2 is 1.87 bits per heavy atom. The number of methoxy groups -OCH3 is 2. The molecular weight excluding hydrogens is 386 g/mol. The van der Waals surface area contributed by atoms with Crippen molar-refractivity contribution in [3.8, 4) is 11.5 Å². The van der Waals surface area contributed by atoms with Crippen molar-refractivity contribution in [2.45, 2.75) is 57.5 Å². The molecule has 4 amide bonds. The molecule has 30 heavy (non-hydrogen) atoms. The molecular formula is C22H31N3O5. The van der Waals surface area contributed by atoms with Crippen LogP contribution in [-0.2, 0) is 15.1 Å². The van der Waals surface area contributed by atoms with Crippen molar-refractivity contribution in [3.05, 3.63) is 23.8 Å². The van der Waals surface area contributed by atoms with Crippen LogP contribution in [0, 0.1) is 5.92 Å². The second kappa shape index (κ2) is 8.93. The van der Waals surface area contributed by atoms with Gasteiger partial charge in [0, 0.05) is 6.54 Å². The Balaban J connectivity index is 1.73. The van der Waals surface area contributed by atoms with E-state index in [1.807, 2.05) is 0 Å². The number of hydrogen-bond donors (Lipinski definition) is 2. The van der Waals surface area contributed by atoms with Gasteiger partial charge in [0.25, 0.3) is 5.91 Å². The molecule has 1 saturated heterocycles. The Hall–Kier alpha value is -2.77. The number of rotatable bonds is 7. The molecule has 1 aliphatic carbocycles. The maximum Gasteiger partial charge on any atom is 0.326 e. The average molecular weight is 418 g/mol. The van der Waals surface area contributed by atoms with E-state index in [0.29, 0.717) is 29.5 Å². The second-order valence-corrected chi connectivity index (χ2v) is 8.23. The normalized spacial score (nSPS) is 23.1. The fourth-order valence-electron chi connectivity index (χ4n) is 4.26. The molecule has 0 spiro atoms. The molecule has 2 fully saturated rings. The molecule has 8 heteroatoms. The summed E-state index contributed by atoms with van der Waals surface area (Å²) >= 11 is 0. The molecule has 2 N–H and O–H groups in total. The summed E-state index contributed by atoms with van der Waals surface area (Å²) < 4.78 is 10.6. The van der Waals surface area contributed by atoms with Crippen LogP contribution < -0.4 is 20.1 Å². The van der Waals surface area contributed by atoms with E-state index < -0.39 is 23.5 Å². The van der Waals surface area contributed by atoms with Crippen LogP contribution in [0.3, 0.4) is 0 Å². The molecule has 1 heterocycles. The molecule has 2 aliphatic rings. The number of ether oxygens (including phenoxy) is 2. The molecule has 1 aliphatic heterocycles. The number of benzene rings is 1. The number of carbonyl (C=O) groups is 3. The van der Waals surface area contributed by atoms with Gasteiger partial charge in [0.1, 0.15) is 11.6 Å². The SMILES string of the molecule is COc1ccc(C2(C)NC(=O)N(C(C)C(=O)NCC3CCCCC3)C2=O)cc1OC. The van der Waals surface area contributed by atoms with Crippen LogP contribution in [-0.4, -0.2) is 49.6 Å². The fraction of sp³-hybridized carbons (Fsp3) is 0.591. The summed E-state index contributed by atoms with van der Waals surface area (Å²) in [6.07, 6.45) is 5.84. The van der Waals surface area contributed by atoms with Gasteiger partial charge in [-0.3, -0.25) is 9.59 Å². The van der Waals surface area contributed by atoms with E-state index in [1.165, 1.54) is 33.5 Å². The predicted octanol–water partition coefficient (Wildman–Crippen LogP) is 2.56. The monoisotopic (exact) mass is 417 g/mol. The Labute approximate surface area is 177 Å². The van der Waals surface area contributed by atoms with Gasteiger partial charge in [0.05, 0.1) is 14.2 Å². The lowest BCUT2D eigenvalue weighted by Gasteiger charge is -2.26. The lowest BCUT2D eigenvalue weighted by atomic mass is 9.89. The van der Waals surface area contributed by atoms with Crippen LogP contribution >= 0.6 is 0 Å². The number of carbonyl (C=O) groups excluding carboxylic acids is 3. The molecule has 3 rings (SSSR count). The minimum Gasteiger partial charge on any atom is -0.493 e. The van der Waals surface area contributed by atoms with E-state index in [-0.39, 0.29) is 5.91 Å². The Morgan fingerprint density at radius 1 is 1.20 bits per heavy atom. The third-order valence-corrected chi connectivity index (χ3v) is 6.24. The number of urea groups is 1. The maximum absolute atomic E-state index is 13.2. The van der Waals surface area contributed by atoms with E-state index >= 15 is 0 Å². The highest BCUT2D eigenvalue weighted by atomic mass is 16.5. The van der Waals surface area contributed by atoms with E-state index in [2.05, 4.69) is 10.6 Å². The van der Waals surface area contributed by atoms with E-state index in [4.69, 9.17) is 9.47 Å². The molecule has 2 atom stereocenters. The average Bonchev–Trinajstić information content (AvgIpc) is 3.00. The summed E-state index contributed by atoms with van der Waals surface area (Å²) in [5.74, 6) is 0.652. The van der Waals surface area contributed by atoms with Gasteiger partial charge < -0.3 is 20.1 Å². The summed E-state index contributed by atoms with van der Waals surface area (Å²) in [4.78, 5) is 39.6. The molecule has 8 nitrogen and oxygen atoms in total. The van der Waals surface area contributed by atoms with E-state index in [1.54, 1.807) is 32.0 Å². The fourth-order valence-corrected chi connectivity index (χ4v) is 4.26. The van der Waals surface area contributed by atoms with Crippen LogP contribution in [0.4, 0.5) is 4.79 Å². The third-order valence-electron chi connectivity index (χ3n) is 6.24. The minimum atomic E-state index is -1.30. The highest BCUT2D eigenvalue weighted by molar-refractivity contribution is 6.10. The van der Waals surface area contributed by atoms with Crippen molar-refractivity contribution < 1.29 is 23.9 Å². The summed E-state index contributed by atoms with van der Waals surface area (Å²) in [7, 11) is 3.03. The lowest BCUT2D eigenvalue weighted by Crippen LogP contribution is -2.50. The van der Waals surface area contributed by atoms with Gasteiger partial charge in [0.15, 0.2) is 11.5 Å². The Morgan fingerprint density at radius 3 is 2.50 bits per heavy atom. The summed E-state index contributed by atoms with van der Waals surface area (Å²) in [6.45, 7) is 3.79. The van der Waals surface area contributed by atoms with Crippen molar-refractivity contribution in [1.29, 1.82) is 0 Å². The standard InChI is InChI=1S/C22H31N3O5/c1-14(19(26)23-13-15-8-6-5-7-9-15)25-20(27)22(2,24-21(25)28)16-10-11-17(29-3)18(12-16)30-4/h10-12,14-15H,5-9,13H2,1-4H3,(H,23,26)(H,24,28). The van der Waals surface area contributed by atoms with Gasteiger partial charge >= 0.3 is 6.03 Å². The van der Waals surface area contributed by atoms with Crippen molar-refractivity contribution in [2.75, 3.05) is 20.8 Å². The first-order chi connectivity index (χ1) is 14.3. The molecule has 164 valence electrons. The van der Waals surface area contributed by atoms with Gasteiger partial charge in [-0.05, 0) is 50.3 Å². The van der Waals surface area contributed by atoms with Crippen LogP contribution in [0.25, 0.3) is 0 Å². The third kappa shape index (κ3) is 4.08. The largest absolute Gasteiger partial charge is 0.493 e. The molecule has 0 radical (unpaired) electrons. The molecule has 1 saturated carbocycles. The molecule has 0 bridgehead atoms. The summed E-state index contributed by atoms with van der Waals surface area (Å²) in [5.41, 5.74) is -0.745. The predicted molar refractivity (Wildman–Crippen MR) is 111 cm³/mol. The first-order valence-corrected chi connectivity index (χ1v) is 10.5. The second-order valence-electron chi connectivity index (χ2n) is 8.23. The van der Waals surface area contributed by atoms with Gasteiger partial charge in [-0.2, -0.15) is 0 Å². The molecule has 1 aromatic rings. The van der Waals surface area contributed by atoms with Gasteiger partial charge in [0.2, 0.25) is 5.91 Å². The van der Waals surface area contributed by atoms with Crippen molar-refractivity contribution >= 4 is 17.8 Å². The zero-order chi connectivity index (χ0) is 21.9. The number of nitrogens with one attached hydrogen (secondary N) is 2. The summed E-state index contributed by atoms with van der Waals surface area (Å²) in [6, 6.07) is 3.56. The van der Waals surface area contributed by atoms with E-state index in [0.717, 1.165) is 17.7 Å². The maximum atomic E-state index is 13.2. The number of nitrogens with zero attached hydrogens (tertiary/aromatic N) is 1. The van der Waals surface area contributed by atoms with Crippen LogP contribution in [0.1, 0.15) is 51.5 Å². The Bertz CT molecular complexity index is 821. The van der Waals surface area contributed by atoms with Crippen LogP contribution in [0.5, 0.6) is 11.5 Å². The topological polar surface area (TPSA) is 97.0 Å².